The van der Waals surface area contributed by atoms with Gasteiger partial charge in [-0.3, -0.25) is 9.59 Å². The Balaban J connectivity index is 3.87. The van der Waals surface area contributed by atoms with Crippen LogP contribution in [0.4, 0.5) is 0 Å². The van der Waals surface area contributed by atoms with Gasteiger partial charge in [-0.05, 0) is 44.9 Å². The second-order valence-electron chi connectivity index (χ2n) is 8.43. The highest BCUT2D eigenvalue weighted by Crippen LogP contribution is 2.09. The van der Waals surface area contributed by atoms with Gasteiger partial charge in [-0.1, -0.05) is 55.5 Å². The summed E-state index contributed by atoms with van der Waals surface area (Å²) in [5, 5.41) is 8.99. The van der Waals surface area contributed by atoms with E-state index in [1.807, 2.05) is 21.1 Å². The number of nitrogens with zero attached hydrogens (tertiary/aromatic N) is 1. The third kappa shape index (κ3) is 20.6. The van der Waals surface area contributed by atoms with E-state index >= 15 is 0 Å². The quantitative estimate of drug-likeness (QED) is 0.147. The number of hydrogen-bond donors (Lipinski definition) is 1. The van der Waals surface area contributed by atoms with Gasteiger partial charge in [-0.15, -0.1) is 0 Å². The third-order valence-corrected chi connectivity index (χ3v) is 4.17. The number of carboxylic acids is 1. The molecule has 0 aromatic heterocycles. The number of carboxylic acid groups (broad SMARTS) is 1. The number of allylic oxidation sites excluding steroid dienone is 8. The maximum absolute atomic E-state index is 12.0. The normalized spacial score (nSPS) is 13.7. The average Bonchev–Trinajstić information content (AvgIpc) is 2.63. The summed E-state index contributed by atoms with van der Waals surface area (Å²) in [6.45, 7) is 2.62. The second kappa shape index (κ2) is 17.7. The Morgan fingerprint density at radius 3 is 1.90 bits per heavy atom. The van der Waals surface area contributed by atoms with Gasteiger partial charge in [0.05, 0.1) is 27.6 Å². The van der Waals surface area contributed by atoms with Crippen LogP contribution in [0.25, 0.3) is 0 Å². The number of quaternary nitrogens is 1. The highest BCUT2D eigenvalue weighted by atomic mass is 16.5. The minimum atomic E-state index is -0.944. The fourth-order valence-electron chi connectivity index (χ4n) is 2.82. The number of esters is 1. The Bertz CT molecular complexity index is 582. The molecule has 170 valence electrons. The predicted octanol–water partition coefficient (Wildman–Crippen LogP) is 5.44. The first-order valence-electron chi connectivity index (χ1n) is 11.1. The smallest absolute Gasteiger partial charge is 0.307 e. The van der Waals surface area contributed by atoms with Gasteiger partial charge in [-0.2, -0.15) is 0 Å². The molecule has 0 unspecified atom stereocenters. The van der Waals surface area contributed by atoms with Crippen LogP contribution in [0.1, 0.15) is 64.7 Å². The molecular formula is C25H42NO4+. The molecule has 0 aliphatic carbocycles. The summed E-state index contributed by atoms with van der Waals surface area (Å²) in [5.41, 5.74) is 0. The summed E-state index contributed by atoms with van der Waals surface area (Å²) in [4.78, 5) is 23.0. The monoisotopic (exact) mass is 420 g/mol. The lowest BCUT2D eigenvalue weighted by Crippen LogP contribution is -2.43. The molecule has 0 saturated carbocycles. The molecule has 0 spiro atoms. The molecule has 1 N–H and O–H groups in total. The van der Waals surface area contributed by atoms with Gasteiger partial charge >= 0.3 is 11.9 Å². The number of likely N-dealkylation sites (N-methyl/N-ethyl adjacent to an activating group) is 1. The van der Waals surface area contributed by atoms with Crippen molar-refractivity contribution in [2.75, 3.05) is 27.7 Å². The van der Waals surface area contributed by atoms with Gasteiger partial charge in [0.2, 0.25) is 0 Å². The van der Waals surface area contributed by atoms with E-state index in [4.69, 9.17) is 9.84 Å². The molecule has 0 aromatic carbocycles. The molecule has 0 amide bonds. The van der Waals surface area contributed by atoms with Crippen molar-refractivity contribution < 1.29 is 23.9 Å². The standard InChI is InChI=1S/C25H41NO4/c1-5-6-7-8-9-10-11-12-13-14-15-16-17-18-19-20-25(29)30-23(21-24(27)28)22-26(2,3)4/h6-7,9-10,12-13,15-16,23H,5,8,11,14,17-22H2,1-4H3/p+1/b7-6-,10-9-,13-12-,16-15-/t23-/m1/s1. The molecule has 0 aliphatic heterocycles. The molecule has 0 fully saturated rings. The number of unbranched alkanes of at least 4 members (excludes halogenated alkanes) is 2. The number of carbonyl (C=O) groups excluding carboxylic acids is 1. The van der Waals surface area contributed by atoms with Crippen molar-refractivity contribution in [3.8, 4) is 0 Å². The van der Waals surface area contributed by atoms with E-state index in [1.165, 1.54) is 0 Å². The highest BCUT2D eigenvalue weighted by molar-refractivity contribution is 5.71. The fourth-order valence-corrected chi connectivity index (χ4v) is 2.82. The number of rotatable bonds is 17. The molecule has 5 nitrogen and oxygen atoms in total. The van der Waals surface area contributed by atoms with Gasteiger partial charge in [-0.25, -0.2) is 0 Å². The van der Waals surface area contributed by atoms with Crippen molar-refractivity contribution in [2.45, 2.75) is 70.8 Å². The number of carbonyl (C=O) groups is 2. The minimum Gasteiger partial charge on any atom is -0.481 e. The SMILES string of the molecule is CC/C=C\C/C=C\C/C=C\C/C=C\CCCCC(=O)O[C@H](CC(=O)O)C[N+](C)(C)C. The molecule has 0 radical (unpaired) electrons. The van der Waals surface area contributed by atoms with Crippen LogP contribution in [0, 0.1) is 0 Å². The number of aliphatic carboxylic acids is 1. The largest absolute Gasteiger partial charge is 0.481 e. The van der Waals surface area contributed by atoms with Crippen LogP contribution in [0.2, 0.25) is 0 Å². The molecular weight excluding hydrogens is 378 g/mol. The van der Waals surface area contributed by atoms with Crippen LogP contribution in [-0.2, 0) is 14.3 Å². The Kier molecular flexibility index (Phi) is 16.4. The summed E-state index contributed by atoms with van der Waals surface area (Å²) in [6, 6.07) is 0. The highest BCUT2D eigenvalue weighted by Gasteiger charge is 2.24. The van der Waals surface area contributed by atoms with E-state index in [0.717, 1.165) is 44.9 Å². The Morgan fingerprint density at radius 1 is 0.867 bits per heavy atom. The zero-order valence-corrected chi connectivity index (χ0v) is 19.4. The topological polar surface area (TPSA) is 63.6 Å². The minimum absolute atomic E-state index is 0.150. The van der Waals surface area contributed by atoms with Crippen LogP contribution >= 0.6 is 0 Å². The van der Waals surface area contributed by atoms with Crippen molar-refractivity contribution in [1.82, 2.24) is 0 Å². The van der Waals surface area contributed by atoms with Crippen LogP contribution in [0.3, 0.4) is 0 Å². The van der Waals surface area contributed by atoms with E-state index < -0.39 is 12.1 Å². The van der Waals surface area contributed by atoms with Crippen molar-refractivity contribution in [3.63, 3.8) is 0 Å². The van der Waals surface area contributed by atoms with Crippen molar-refractivity contribution >= 4 is 11.9 Å². The molecule has 0 rings (SSSR count). The fraction of sp³-hybridized carbons (Fsp3) is 0.600. The lowest BCUT2D eigenvalue weighted by atomic mass is 10.1. The Labute approximate surface area is 183 Å². The number of ether oxygens (including phenoxy) is 1. The first kappa shape index (κ1) is 27.9. The molecule has 30 heavy (non-hydrogen) atoms. The van der Waals surface area contributed by atoms with E-state index in [9.17, 15) is 9.59 Å². The Hall–Kier alpha value is -2.14. The van der Waals surface area contributed by atoms with Gasteiger partial charge < -0.3 is 14.3 Å². The maximum Gasteiger partial charge on any atom is 0.307 e. The molecule has 0 heterocycles. The predicted molar refractivity (Wildman–Crippen MR) is 124 cm³/mol. The van der Waals surface area contributed by atoms with E-state index in [-0.39, 0.29) is 12.4 Å². The van der Waals surface area contributed by atoms with Crippen LogP contribution in [-0.4, -0.2) is 55.3 Å². The Morgan fingerprint density at radius 2 is 1.40 bits per heavy atom. The summed E-state index contributed by atoms with van der Waals surface area (Å²) in [5.74, 6) is -1.25. The van der Waals surface area contributed by atoms with Crippen LogP contribution in [0.15, 0.2) is 48.6 Å². The first-order valence-corrected chi connectivity index (χ1v) is 11.1. The first-order chi connectivity index (χ1) is 14.2. The lowest BCUT2D eigenvalue weighted by Gasteiger charge is -2.28. The summed E-state index contributed by atoms with van der Waals surface area (Å²) in [7, 11) is 5.85. The van der Waals surface area contributed by atoms with Crippen molar-refractivity contribution in [2.24, 2.45) is 0 Å². The molecule has 0 aliphatic rings. The molecule has 0 saturated heterocycles. The second-order valence-corrected chi connectivity index (χ2v) is 8.43. The summed E-state index contributed by atoms with van der Waals surface area (Å²) >= 11 is 0. The van der Waals surface area contributed by atoms with Crippen LogP contribution in [0.5, 0.6) is 0 Å². The van der Waals surface area contributed by atoms with Gasteiger partial charge in [0.25, 0.3) is 0 Å². The van der Waals surface area contributed by atoms with Gasteiger partial charge in [0.15, 0.2) is 6.10 Å². The van der Waals surface area contributed by atoms with E-state index in [0.29, 0.717) is 17.4 Å². The third-order valence-electron chi connectivity index (χ3n) is 4.17. The van der Waals surface area contributed by atoms with Crippen molar-refractivity contribution in [1.29, 1.82) is 0 Å². The van der Waals surface area contributed by atoms with Crippen LogP contribution < -0.4 is 0 Å². The summed E-state index contributed by atoms with van der Waals surface area (Å²) in [6.07, 6.45) is 23.5. The van der Waals surface area contributed by atoms with Gasteiger partial charge in [0, 0.05) is 6.42 Å². The molecule has 0 aromatic rings. The molecule has 0 bridgehead atoms. The molecule has 5 heteroatoms. The summed E-state index contributed by atoms with van der Waals surface area (Å²) < 4.78 is 5.94. The van der Waals surface area contributed by atoms with Gasteiger partial charge in [0.1, 0.15) is 6.54 Å². The lowest BCUT2D eigenvalue weighted by molar-refractivity contribution is -0.873. The van der Waals surface area contributed by atoms with E-state index in [2.05, 4.69) is 55.5 Å². The van der Waals surface area contributed by atoms with Crippen molar-refractivity contribution in [3.05, 3.63) is 48.6 Å². The number of hydrogen-bond acceptors (Lipinski definition) is 3. The zero-order chi connectivity index (χ0) is 22.7. The van der Waals surface area contributed by atoms with E-state index in [1.54, 1.807) is 0 Å². The average molecular weight is 421 g/mol. The maximum atomic E-state index is 12.0. The zero-order valence-electron chi connectivity index (χ0n) is 19.4. The molecule has 1 atom stereocenters.